The molecule has 2 rings (SSSR count). The lowest BCUT2D eigenvalue weighted by atomic mass is 10.2. The highest BCUT2D eigenvalue weighted by atomic mass is 35.5. The van der Waals surface area contributed by atoms with Gasteiger partial charge in [0.1, 0.15) is 0 Å². The summed E-state index contributed by atoms with van der Waals surface area (Å²) < 4.78 is 2.09. The Balaban J connectivity index is 2.41. The molecule has 5 heteroatoms. The maximum absolute atomic E-state index is 6.06. The van der Waals surface area contributed by atoms with Crippen LogP contribution in [0, 0.1) is 5.92 Å². The largest absolute Gasteiger partial charge is 0.355 e. The van der Waals surface area contributed by atoms with Crippen LogP contribution in [0.15, 0.2) is 11.6 Å². The van der Waals surface area contributed by atoms with Gasteiger partial charge < -0.3 is 4.90 Å². The summed E-state index contributed by atoms with van der Waals surface area (Å²) in [5.41, 5.74) is 1.10. The standard InChI is InChI=1S/C12H18ClN3S/c1-4-15(8-9(2)3)11-10(7-13)16-5-6-17-12(16)14-11/h5-6,9H,4,7-8H2,1-3H3. The highest BCUT2D eigenvalue weighted by Gasteiger charge is 2.17. The van der Waals surface area contributed by atoms with E-state index in [-0.39, 0.29) is 0 Å². The molecule has 0 spiro atoms. The van der Waals surface area contributed by atoms with Crippen molar-refractivity contribution in [3.05, 3.63) is 17.3 Å². The summed E-state index contributed by atoms with van der Waals surface area (Å²) in [7, 11) is 0. The van der Waals surface area contributed by atoms with Crippen molar-refractivity contribution in [1.29, 1.82) is 0 Å². The average molecular weight is 272 g/mol. The number of aromatic nitrogens is 2. The van der Waals surface area contributed by atoms with Crippen LogP contribution in [0.5, 0.6) is 0 Å². The zero-order valence-electron chi connectivity index (χ0n) is 10.5. The number of hydrogen-bond acceptors (Lipinski definition) is 3. The maximum Gasteiger partial charge on any atom is 0.195 e. The second-order valence-corrected chi connectivity index (χ2v) is 5.64. The molecule has 0 amide bonds. The Hall–Kier alpha value is -0.740. The predicted molar refractivity (Wildman–Crippen MR) is 75.4 cm³/mol. The molecule has 0 unspecified atom stereocenters. The van der Waals surface area contributed by atoms with Gasteiger partial charge in [0.2, 0.25) is 0 Å². The fourth-order valence-corrected chi connectivity index (χ4v) is 2.98. The number of alkyl halides is 1. The first-order valence-electron chi connectivity index (χ1n) is 5.92. The van der Waals surface area contributed by atoms with Gasteiger partial charge in [0.05, 0.1) is 11.6 Å². The van der Waals surface area contributed by atoms with E-state index in [1.807, 2.05) is 11.6 Å². The molecule has 0 aliphatic rings. The van der Waals surface area contributed by atoms with Crippen LogP contribution in [-0.2, 0) is 5.88 Å². The Bertz CT molecular complexity index is 489. The summed E-state index contributed by atoms with van der Waals surface area (Å²) in [6.07, 6.45) is 2.04. The number of fused-ring (bicyclic) bond motifs is 1. The fourth-order valence-electron chi connectivity index (χ4n) is 2.00. The molecule has 0 radical (unpaired) electrons. The predicted octanol–water partition coefficient (Wildman–Crippen LogP) is 3.62. The number of hydrogen-bond donors (Lipinski definition) is 0. The number of anilines is 1. The van der Waals surface area contributed by atoms with Crippen molar-refractivity contribution in [3.63, 3.8) is 0 Å². The first kappa shape index (κ1) is 12.7. The van der Waals surface area contributed by atoms with Gasteiger partial charge >= 0.3 is 0 Å². The smallest absolute Gasteiger partial charge is 0.195 e. The second kappa shape index (κ2) is 5.27. The normalized spacial score (nSPS) is 11.6. The monoisotopic (exact) mass is 271 g/mol. The van der Waals surface area contributed by atoms with Crippen LogP contribution in [-0.4, -0.2) is 22.5 Å². The van der Waals surface area contributed by atoms with Gasteiger partial charge in [-0.3, -0.25) is 4.40 Å². The molecule has 0 bridgehead atoms. The number of thiazole rings is 1. The van der Waals surface area contributed by atoms with E-state index in [1.165, 1.54) is 0 Å². The van der Waals surface area contributed by atoms with Crippen molar-refractivity contribution < 1.29 is 0 Å². The lowest BCUT2D eigenvalue weighted by Gasteiger charge is -2.23. The van der Waals surface area contributed by atoms with E-state index in [0.29, 0.717) is 11.8 Å². The molecule has 0 aliphatic heterocycles. The van der Waals surface area contributed by atoms with Crippen molar-refractivity contribution in [2.24, 2.45) is 5.92 Å². The van der Waals surface area contributed by atoms with Crippen LogP contribution in [0.1, 0.15) is 26.5 Å². The Morgan fingerprint density at radius 3 is 2.88 bits per heavy atom. The van der Waals surface area contributed by atoms with Crippen molar-refractivity contribution in [3.8, 4) is 0 Å². The third-order valence-corrected chi connectivity index (χ3v) is 3.74. The lowest BCUT2D eigenvalue weighted by Crippen LogP contribution is -2.28. The zero-order chi connectivity index (χ0) is 12.4. The summed E-state index contributed by atoms with van der Waals surface area (Å²) >= 11 is 7.72. The van der Waals surface area contributed by atoms with Crippen LogP contribution in [0.3, 0.4) is 0 Å². The molecule has 0 fully saturated rings. The minimum absolute atomic E-state index is 0.502. The molecule has 17 heavy (non-hydrogen) atoms. The zero-order valence-corrected chi connectivity index (χ0v) is 12.1. The minimum Gasteiger partial charge on any atom is -0.355 e. The molecule has 94 valence electrons. The SMILES string of the molecule is CCN(CC(C)C)c1nc2sccn2c1CCl. The van der Waals surface area contributed by atoms with E-state index in [2.05, 4.69) is 30.1 Å². The third-order valence-electron chi connectivity index (χ3n) is 2.73. The number of nitrogens with zero attached hydrogens (tertiary/aromatic N) is 3. The van der Waals surface area contributed by atoms with Gasteiger partial charge in [0, 0.05) is 24.7 Å². The highest BCUT2D eigenvalue weighted by Crippen LogP contribution is 2.26. The topological polar surface area (TPSA) is 20.5 Å². The van der Waals surface area contributed by atoms with E-state index in [0.717, 1.165) is 29.6 Å². The van der Waals surface area contributed by atoms with E-state index >= 15 is 0 Å². The summed E-state index contributed by atoms with van der Waals surface area (Å²) in [5.74, 6) is 2.17. The molecule has 0 atom stereocenters. The van der Waals surface area contributed by atoms with Gasteiger partial charge in [-0.25, -0.2) is 4.98 Å². The summed E-state index contributed by atoms with van der Waals surface area (Å²) in [6, 6.07) is 0. The fraction of sp³-hybridized carbons (Fsp3) is 0.583. The van der Waals surface area contributed by atoms with Crippen molar-refractivity contribution in [1.82, 2.24) is 9.38 Å². The Morgan fingerprint density at radius 2 is 2.29 bits per heavy atom. The molecule has 2 heterocycles. The van der Waals surface area contributed by atoms with Crippen molar-refractivity contribution >= 4 is 33.7 Å². The minimum atomic E-state index is 0.502. The molecule has 0 saturated heterocycles. The molecular formula is C12H18ClN3S. The van der Waals surface area contributed by atoms with E-state index in [1.54, 1.807) is 11.3 Å². The average Bonchev–Trinajstić information content (AvgIpc) is 2.84. The van der Waals surface area contributed by atoms with E-state index in [4.69, 9.17) is 16.6 Å². The summed E-state index contributed by atoms with van der Waals surface area (Å²) in [6.45, 7) is 8.59. The van der Waals surface area contributed by atoms with Crippen LogP contribution in [0.25, 0.3) is 4.96 Å². The lowest BCUT2D eigenvalue weighted by molar-refractivity contribution is 0.614. The van der Waals surface area contributed by atoms with Gasteiger partial charge in [0.25, 0.3) is 0 Å². The molecule has 0 aromatic carbocycles. The summed E-state index contributed by atoms with van der Waals surface area (Å²) in [4.78, 5) is 8.02. The quantitative estimate of drug-likeness (QED) is 0.775. The highest BCUT2D eigenvalue weighted by molar-refractivity contribution is 7.15. The van der Waals surface area contributed by atoms with Crippen LogP contribution >= 0.6 is 22.9 Å². The van der Waals surface area contributed by atoms with Gasteiger partial charge in [-0.2, -0.15) is 0 Å². The second-order valence-electron chi connectivity index (χ2n) is 4.50. The van der Waals surface area contributed by atoms with Gasteiger partial charge in [-0.15, -0.1) is 22.9 Å². The van der Waals surface area contributed by atoms with Gasteiger partial charge in [-0.1, -0.05) is 13.8 Å². The molecule has 0 N–H and O–H groups in total. The Kier molecular flexibility index (Phi) is 3.94. The number of rotatable bonds is 5. The van der Waals surface area contributed by atoms with E-state index in [9.17, 15) is 0 Å². The van der Waals surface area contributed by atoms with Gasteiger partial charge in [-0.05, 0) is 12.8 Å². The molecular weight excluding hydrogens is 254 g/mol. The van der Waals surface area contributed by atoms with Crippen molar-refractivity contribution in [2.75, 3.05) is 18.0 Å². The Morgan fingerprint density at radius 1 is 1.53 bits per heavy atom. The molecule has 0 saturated carbocycles. The molecule has 2 aromatic heterocycles. The molecule has 0 aliphatic carbocycles. The van der Waals surface area contributed by atoms with Crippen LogP contribution < -0.4 is 4.90 Å². The third kappa shape index (κ3) is 2.43. The maximum atomic E-state index is 6.06. The van der Waals surface area contributed by atoms with E-state index < -0.39 is 0 Å². The molecule has 3 nitrogen and oxygen atoms in total. The first-order valence-corrected chi connectivity index (χ1v) is 7.34. The van der Waals surface area contributed by atoms with Crippen molar-refractivity contribution in [2.45, 2.75) is 26.7 Å². The first-order chi connectivity index (χ1) is 8.17. The summed E-state index contributed by atoms with van der Waals surface area (Å²) in [5, 5.41) is 2.04. The molecule has 2 aromatic rings. The Labute approximate surface area is 111 Å². The van der Waals surface area contributed by atoms with Crippen LogP contribution in [0.2, 0.25) is 0 Å². The van der Waals surface area contributed by atoms with Crippen LogP contribution in [0.4, 0.5) is 5.82 Å². The van der Waals surface area contributed by atoms with Gasteiger partial charge in [0.15, 0.2) is 10.8 Å². The number of imidazole rings is 1. The number of halogens is 1.